The van der Waals surface area contributed by atoms with Crippen LogP contribution in [0.5, 0.6) is 11.5 Å². The summed E-state index contributed by atoms with van der Waals surface area (Å²) < 4.78 is 10.5. The number of hydrogen-bond donors (Lipinski definition) is 1. The molecule has 2 aromatic rings. The van der Waals surface area contributed by atoms with Crippen LogP contribution in [-0.2, 0) is 9.59 Å². The zero-order valence-electron chi connectivity index (χ0n) is 15.3. The van der Waals surface area contributed by atoms with Crippen molar-refractivity contribution in [2.75, 3.05) is 31.7 Å². The Bertz CT molecular complexity index is 744. The Labute approximate surface area is 153 Å². The van der Waals surface area contributed by atoms with Gasteiger partial charge < -0.3 is 19.7 Å². The smallest absolute Gasteiger partial charge is 0.258 e. The van der Waals surface area contributed by atoms with E-state index < -0.39 is 0 Å². The summed E-state index contributed by atoms with van der Waals surface area (Å²) in [6.45, 7) is 4.16. The number of benzene rings is 2. The van der Waals surface area contributed by atoms with E-state index in [9.17, 15) is 9.59 Å². The zero-order valence-corrected chi connectivity index (χ0v) is 15.3. The minimum absolute atomic E-state index is 0.0768. The van der Waals surface area contributed by atoms with Crippen LogP contribution in [0.3, 0.4) is 0 Å². The van der Waals surface area contributed by atoms with Gasteiger partial charge in [-0.1, -0.05) is 12.1 Å². The Hall–Kier alpha value is -3.02. The molecule has 0 aromatic heterocycles. The molecule has 0 aliphatic heterocycles. The lowest BCUT2D eigenvalue weighted by molar-refractivity contribution is -0.126. The van der Waals surface area contributed by atoms with E-state index in [0.29, 0.717) is 18.0 Å². The molecular formula is C20H24N2O4. The van der Waals surface area contributed by atoms with E-state index in [0.717, 1.165) is 11.3 Å². The molecule has 0 spiro atoms. The van der Waals surface area contributed by atoms with Gasteiger partial charge in [0.05, 0.1) is 13.7 Å². The van der Waals surface area contributed by atoms with Crippen molar-refractivity contribution in [1.29, 1.82) is 0 Å². The van der Waals surface area contributed by atoms with Crippen molar-refractivity contribution in [3.63, 3.8) is 0 Å². The quantitative estimate of drug-likeness (QED) is 0.789. The summed E-state index contributed by atoms with van der Waals surface area (Å²) in [5.41, 5.74) is 1.90. The van der Waals surface area contributed by atoms with Crippen LogP contribution in [-0.4, -0.2) is 38.6 Å². The van der Waals surface area contributed by atoms with Gasteiger partial charge in [0.15, 0.2) is 6.61 Å². The van der Waals surface area contributed by atoms with Crippen LogP contribution in [0.1, 0.15) is 12.5 Å². The first kappa shape index (κ1) is 19.3. The summed E-state index contributed by atoms with van der Waals surface area (Å²) in [4.78, 5) is 25.9. The summed E-state index contributed by atoms with van der Waals surface area (Å²) in [5.74, 6) is 0.746. The highest BCUT2D eigenvalue weighted by Gasteiger charge is 2.15. The predicted octanol–water partition coefficient (Wildman–Crippen LogP) is 2.55. The number of anilines is 1. The van der Waals surface area contributed by atoms with Gasteiger partial charge in [-0.2, -0.15) is 0 Å². The first-order valence-corrected chi connectivity index (χ1v) is 8.44. The van der Waals surface area contributed by atoms with Gasteiger partial charge in [0.25, 0.3) is 5.91 Å². The van der Waals surface area contributed by atoms with Crippen molar-refractivity contribution in [2.45, 2.75) is 13.8 Å². The normalized spacial score (nSPS) is 10.1. The van der Waals surface area contributed by atoms with Crippen LogP contribution < -0.4 is 19.7 Å². The maximum atomic E-state index is 12.4. The fraction of sp³-hybridized carbons (Fsp3) is 0.300. The maximum Gasteiger partial charge on any atom is 0.258 e. The monoisotopic (exact) mass is 356 g/mol. The molecule has 26 heavy (non-hydrogen) atoms. The number of carbonyl (C=O) groups is 2. The summed E-state index contributed by atoms with van der Waals surface area (Å²) >= 11 is 0. The lowest BCUT2D eigenvalue weighted by Gasteiger charge is -2.21. The second-order valence-corrected chi connectivity index (χ2v) is 5.72. The van der Waals surface area contributed by atoms with Gasteiger partial charge in [0.1, 0.15) is 11.5 Å². The number of ether oxygens (including phenoxy) is 2. The molecule has 2 rings (SSSR count). The van der Waals surface area contributed by atoms with Gasteiger partial charge in [-0.05, 0) is 55.8 Å². The van der Waals surface area contributed by atoms with Gasteiger partial charge in [-0.3, -0.25) is 9.59 Å². The highest BCUT2D eigenvalue weighted by atomic mass is 16.5. The molecule has 6 nitrogen and oxygen atoms in total. The second-order valence-electron chi connectivity index (χ2n) is 5.72. The van der Waals surface area contributed by atoms with E-state index in [-0.39, 0.29) is 25.0 Å². The molecule has 0 aliphatic rings. The Balaban J connectivity index is 1.82. The molecule has 6 heteroatoms. The molecule has 1 N–H and O–H groups in total. The van der Waals surface area contributed by atoms with Crippen LogP contribution >= 0.6 is 0 Å². The molecule has 0 unspecified atom stereocenters. The van der Waals surface area contributed by atoms with Crippen molar-refractivity contribution in [3.05, 3.63) is 54.1 Å². The third-order valence-corrected chi connectivity index (χ3v) is 3.80. The molecule has 0 aliphatic carbocycles. The first-order valence-electron chi connectivity index (χ1n) is 8.44. The van der Waals surface area contributed by atoms with Crippen LogP contribution in [0, 0.1) is 6.92 Å². The highest BCUT2D eigenvalue weighted by molar-refractivity contribution is 5.96. The van der Waals surface area contributed by atoms with E-state index in [1.807, 2.05) is 38.1 Å². The molecule has 0 fully saturated rings. The van der Waals surface area contributed by atoms with Crippen LogP contribution in [0.4, 0.5) is 5.69 Å². The minimum Gasteiger partial charge on any atom is -0.497 e. The number of nitrogens with zero attached hydrogens (tertiary/aromatic N) is 1. The molecule has 2 aromatic carbocycles. The Morgan fingerprint density at radius 1 is 1.08 bits per heavy atom. The van der Waals surface area contributed by atoms with Crippen LogP contribution in [0.25, 0.3) is 0 Å². The topological polar surface area (TPSA) is 67.9 Å². The van der Waals surface area contributed by atoms with E-state index in [2.05, 4.69) is 5.32 Å². The van der Waals surface area contributed by atoms with Gasteiger partial charge in [-0.25, -0.2) is 0 Å². The van der Waals surface area contributed by atoms with Crippen molar-refractivity contribution in [3.8, 4) is 11.5 Å². The van der Waals surface area contributed by atoms with Crippen LogP contribution in [0.2, 0.25) is 0 Å². The SMILES string of the molecule is CCN(C(=O)CNC(=O)COc1ccc(OC)cc1)c1cccc(C)c1. The third-order valence-electron chi connectivity index (χ3n) is 3.80. The third kappa shape index (κ3) is 5.51. The average Bonchev–Trinajstić information content (AvgIpc) is 2.65. The molecule has 0 saturated carbocycles. The average molecular weight is 356 g/mol. The van der Waals surface area contributed by atoms with Gasteiger partial charge >= 0.3 is 0 Å². The highest BCUT2D eigenvalue weighted by Crippen LogP contribution is 2.17. The first-order chi connectivity index (χ1) is 12.5. The second kappa shape index (κ2) is 9.46. The number of nitrogens with one attached hydrogen (secondary N) is 1. The lowest BCUT2D eigenvalue weighted by atomic mass is 10.2. The molecule has 138 valence electrons. The number of likely N-dealkylation sites (N-methyl/N-ethyl adjacent to an activating group) is 1. The zero-order chi connectivity index (χ0) is 18.9. The molecule has 0 radical (unpaired) electrons. The fourth-order valence-electron chi connectivity index (χ4n) is 2.44. The number of hydrogen-bond acceptors (Lipinski definition) is 4. The minimum atomic E-state index is -0.352. The number of methoxy groups -OCH3 is 1. The summed E-state index contributed by atoms with van der Waals surface area (Å²) in [6.07, 6.45) is 0. The van der Waals surface area contributed by atoms with E-state index in [1.165, 1.54) is 0 Å². The van der Waals surface area contributed by atoms with Gasteiger partial charge in [0, 0.05) is 12.2 Å². The molecule has 0 heterocycles. The van der Waals surface area contributed by atoms with Crippen molar-refractivity contribution >= 4 is 17.5 Å². The molecule has 0 atom stereocenters. The van der Waals surface area contributed by atoms with Gasteiger partial charge in [0.2, 0.25) is 5.91 Å². The fourth-order valence-corrected chi connectivity index (χ4v) is 2.44. The van der Waals surface area contributed by atoms with Crippen LogP contribution in [0.15, 0.2) is 48.5 Å². The molecule has 0 saturated heterocycles. The van der Waals surface area contributed by atoms with Crippen molar-refractivity contribution in [2.24, 2.45) is 0 Å². The summed E-state index contributed by atoms with van der Waals surface area (Å²) in [6, 6.07) is 14.6. The Morgan fingerprint density at radius 2 is 1.77 bits per heavy atom. The van der Waals surface area contributed by atoms with E-state index >= 15 is 0 Å². The Kier molecular flexibility index (Phi) is 7.02. The predicted molar refractivity (Wildman–Crippen MR) is 101 cm³/mol. The lowest BCUT2D eigenvalue weighted by Crippen LogP contribution is -2.41. The standard InChI is InChI=1S/C20H24N2O4/c1-4-22(16-7-5-6-15(2)12-16)20(24)13-21-19(23)14-26-18-10-8-17(25-3)9-11-18/h5-12H,4,13-14H2,1-3H3,(H,21,23). The summed E-state index contributed by atoms with van der Waals surface area (Å²) in [5, 5.41) is 2.59. The summed E-state index contributed by atoms with van der Waals surface area (Å²) in [7, 11) is 1.58. The van der Waals surface area contributed by atoms with E-state index in [1.54, 1.807) is 36.3 Å². The number of rotatable bonds is 8. The largest absolute Gasteiger partial charge is 0.497 e. The number of aryl methyl sites for hydroxylation is 1. The van der Waals surface area contributed by atoms with Crippen molar-refractivity contribution in [1.82, 2.24) is 5.32 Å². The van der Waals surface area contributed by atoms with E-state index in [4.69, 9.17) is 9.47 Å². The number of carbonyl (C=O) groups excluding carboxylic acids is 2. The molecular weight excluding hydrogens is 332 g/mol. The molecule has 0 bridgehead atoms. The van der Waals surface area contributed by atoms with Gasteiger partial charge in [-0.15, -0.1) is 0 Å². The Morgan fingerprint density at radius 3 is 2.38 bits per heavy atom. The van der Waals surface area contributed by atoms with Crippen molar-refractivity contribution < 1.29 is 19.1 Å². The molecule has 2 amide bonds. The number of amides is 2. The maximum absolute atomic E-state index is 12.4.